The molecule has 2 aromatic carbocycles. The number of carbonyl (C=O) groups excluding carboxylic acids is 1. The lowest BCUT2D eigenvalue weighted by molar-refractivity contribution is 0.0984. The van der Waals surface area contributed by atoms with Crippen LogP contribution in [-0.4, -0.2) is 29.5 Å². The molecule has 0 aliphatic carbocycles. The lowest BCUT2D eigenvalue weighted by Gasteiger charge is -2.29. The van der Waals surface area contributed by atoms with Crippen molar-refractivity contribution in [2.24, 2.45) is 0 Å². The zero-order valence-electron chi connectivity index (χ0n) is 14.7. The highest BCUT2D eigenvalue weighted by molar-refractivity contribution is 6.06. The van der Waals surface area contributed by atoms with Gasteiger partial charge in [-0.25, -0.2) is 9.97 Å². The second-order valence-electron chi connectivity index (χ2n) is 6.36. The lowest BCUT2D eigenvalue weighted by atomic mass is 10.0. The van der Waals surface area contributed by atoms with Gasteiger partial charge in [-0.1, -0.05) is 36.4 Å². The molecule has 1 aliphatic heterocycles. The maximum absolute atomic E-state index is 12.9. The Kier molecular flexibility index (Phi) is 4.35. The van der Waals surface area contributed by atoms with Gasteiger partial charge in [-0.2, -0.15) is 0 Å². The van der Waals surface area contributed by atoms with Crippen molar-refractivity contribution in [3.63, 3.8) is 0 Å². The number of carbonyl (C=O) groups is 1. The first-order valence-corrected chi connectivity index (χ1v) is 8.74. The summed E-state index contributed by atoms with van der Waals surface area (Å²) in [5.41, 5.74) is 3.71. The number of benzene rings is 2. The highest BCUT2D eigenvalue weighted by atomic mass is 16.2. The second kappa shape index (κ2) is 6.96. The van der Waals surface area contributed by atoms with Crippen LogP contribution < -0.4 is 9.80 Å². The van der Waals surface area contributed by atoms with Gasteiger partial charge in [0.25, 0.3) is 5.91 Å². The van der Waals surface area contributed by atoms with Crippen molar-refractivity contribution in [2.45, 2.75) is 12.8 Å². The number of nitrogens with zero attached hydrogens (tertiary/aromatic N) is 4. The smallest absolute Gasteiger partial charge is 0.261 e. The maximum Gasteiger partial charge on any atom is 0.261 e. The predicted molar refractivity (Wildman–Crippen MR) is 103 cm³/mol. The molecule has 2 heterocycles. The summed E-state index contributed by atoms with van der Waals surface area (Å²) in [4.78, 5) is 25.5. The maximum atomic E-state index is 12.9. The minimum absolute atomic E-state index is 0.0499. The third-order valence-corrected chi connectivity index (χ3v) is 4.68. The summed E-state index contributed by atoms with van der Waals surface area (Å²) in [6.45, 7) is 0.724. The Labute approximate surface area is 152 Å². The molecule has 26 heavy (non-hydrogen) atoms. The first kappa shape index (κ1) is 16.3. The van der Waals surface area contributed by atoms with Crippen LogP contribution in [0, 0.1) is 0 Å². The zero-order valence-corrected chi connectivity index (χ0v) is 14.7. The fourth-order valence-electron chi connectivity index (χ4n) is 3.27. The van der Waals surface area contributed by atoms with Crippen LogP contribution in [0.1, 0.15) is 22.3 Å². The van der Waals surface area contributed by atoms with E-state index in [9.17, 15) is 4.79 Å². The minimum Gasteiger partial charge on any atom is -0.314 e. The molecule has 1 amide bonds. The van der Waals surface area contributed by atoms with Crippen molar-refractivity contribution in [1.29, 1.82) is 0 Å². The SMILES string of the molecule is CN(c1ccccc1)c1ncc(C(=O)N2CCCc3ccccc32)cn1. The van der Waals surface area contributed by atoms with Crippen molar-refractivity contribution in [3.8, 4) is 0 Å². The van der Waals surface area contributed by atoms with E-state index < -0.39 is 0 Å². The number of hydrogen-bond acceptors (Lipinski definition) is 4. The topological polar surface area (TPSA) is 49.3 Å². The molecule has 0 atom stereocenters. The molecule has 0 radical (unpaired) electrons. The first-order valence-electron chi connectivity index (χ1n) is 8.74. The van der Waals surface area contributed by atoms with Crippen molar-refractivity contribution in [2.75, 3.05) is 23.4 Å². The molecule has 0 bridgehead atoms. The Hall–Kier alpha value is -3.21. The van der Waals surface area contributed by atoms with Crippen molar-refractivity contribution in [3.05, 3.63) is 78.1 Å². The number of para-hydroxylation sites is 2. The van der Waals surface area contributed by atoms with Crippen LogP contribution in [0.4, 0.5) is 17.3 Å². The molecular formula is C21H20N4O. The molecular weight excluding hydrogens is 324 g/mol. The number of amides is 1. The second-order valence-corrected chi connectivity index (χ2v) is 6.36. The van der Waals surface area contributed by atoms with E-state index in [1.165, 1.54) is 5.56 Å². The largest absolute Gasteiger partial charge is 0.314 e. The van der Waals surface area contributed by atoms with Gasteiger partial charge in [0, 0.05) is 37.4 Å². The van der Waals surface area contributed by atoms with Crippen LogP contribution in [0.2, 0.25) is 0 Å². The molecule has 0 N–H and O–H groups in total. The summed E-state index contributed by atoms with van der Waals surface area (Å²) in [7, 11) is 1.91. The van der Waals surface area contributed by atoms with Gasteiger partial charge in [0.05, 0.1) is 5.56 Å². The van der Waals surface area contributed by atoms with Crippen LogP contribution in [0.5, 0.6) is 0 Å². The number of hydrogen-bond donors (Lipinski definition) is 0. The van der Waals surface area contributed by atoms with Crippen LogP contribution >= 0.6 is 0 Å². The molecule has 130 valence electrons. The summed E-state index contributed by atoms with van der Waals surface area (Å²) < 4.78 is 0. The summed E-state index contributed by atoms with van der Waals surface area (Å²) >= 11 is 0. The van der Waals surface area contributed by atoms with Gasteiger partial charge in [-0.3, -0.25) is 4.79 Å². The van der Waals surface area contributed by atoms with Crippen LogP contribution in [0.25, 0.3) is 0 Å². The lowest BCUT2D eigenvalue weighted by Crippen LogP contribution is -2.35. The fourth-order valence-corrected chi connectivity index (χ4v) is 3.27. The van der Waals surface area contributed by atoms with Crippen LogP contribution in [0.15, 0.2) is 67.0 Å². The monoisotopic (exact) mass is 344 g/mol. The highest BCUT2D eigenvalue weighted by Gasteiger charge is 2.23. The van der Waals surface area contributed by atoms with Gasteiger partial charge in [-0.15, -0.1) is 0 Å². The average Bonchev–Trinajstić information content (AvgIpc) is 2.73. The van der Waals surface area contributed by atoms with E-state index in [1.807, 2.05) is 65.4 Å². The Morgan fingerprint density at radius 3 is 2.46 bits per heavy atom. The Balaban J connectivity index is 1.57. The number of aryl methyl sites for hydroxylation is 1. The summed E-state index contributed by atoms with van der Waals surface area (Å²) in [5, 5.41) is 0. The van der Waals surface area contributed by atoms with Crippen molar-refractivity contribution in [1.82, 2.24) is 9.97 Å². The van der Waals surface area contributed by atoms with E-state index in [4.69, 9.17) is 0 Å². The van der Waals surface area contributed by atoms with E-state index in [1.54, 1.807) is 12.4 Å². The van der Waals surface area contributed by atoms with Crippen LogP contribution in [-0.2, 0) is 6.42 Å². The van der Waals surface area contributed by atoms with Gasteiger partial charge in [0.2, 0.25) is 5.95 Å². The standard InChI is InChI=1S/C21H20N4O/c1-24(18-10-3-2-4-11-18)21-22-14-17(15-23-21)20(26)25-13-7-9-16-8-5-6-12-19(16)25/h2-6,8,10-12,14-15H,7,9,13H2,1H3. The van der Waals surface area contributed by atoms with E-state index in [0.29, 0.717) is 11.5 Å². The van der Waals surface area contributed by atoms with Crippen molar-refractivity contribution >= 4 is 23.2 Å². The zero-order chi connectivity index (χ0) is 17.9. The molecule has 0 spiro atoms. The Morgan fingerprint density at radius 1 is 1.00 bits per heavy atom. The number of fused-ring (bicyclic) bond motifs is 1. The minimum atomic E-state index is -0.0499. The molecule has 5 nitrogen and oxygen atoms in total. The molecule has 3 aromatic rings. The predicted octanol–water partition coefficient (Wildman–Crippen LogP) is 3.84. The van der Waals surface area contributed by atoms with E-state index >= 15 is 0 Å². The van der Waals surface area contributed by atoms with Gasteiger partial charge < -0.3 is 9.80 Å². The Bertz CT molecular complexity index is 909. The van der Waals surface area contributed by atoms with Gasteiger partial charge in [0.15, 0.2) is 0 Å². The molecule has 4 rings (SSSR count). The number of rotatable bonds is 3. The number of anilines is 3. The van der Waals surface area contributed by atoms with Crippen LogP contribution in [0.3, 0.4) is 0 Å². The molecule has 0 fully saturated rings. The van der Waals surface area contributed by atoms with E-state index in [2.05, 4.69) is 16.0 Å². The first-order chi connectivity index (χ1) is 12.7. The van der Waals surface area contributed by atoms with Gasteiger partial charge in [0.1, 0.15) is 0 Å². The third-order valence-electron chi connectivity index (χ3n) is 4.68. The van der Waals surface area contributed by atoms with Gasteiger partial charge >= 0.3 is 0 Å². The van der Waals surface area contributed by atoms with Crippen molar-refractivity contribution < 1.29 is 4.79 Å². The summed E-state index contributed by atoms with van der Waals surface area (Å²) in [6, 6.07) is 18.0. The average molecular weight is 344 g/mol. The molecule has 5 heteroatoms. The molecule has 1 aliphatic rings. The molecule has 1 aromatic heterocycles. The normalized spacial score (nSPS) is 13.2. The summed E-state index contributed by atoms with van der Waals surface area (Å²) in [5.74, 6) is 0.512. The third kappa shape index (κ3) is 3.04. The fraction of sp³-hybridized carbons (Fsp3) is 0.190. The molecule has 0 saturated heterocycles. The van der Waals surface area contributed by atoms with Gasteiger partial charge in [-0.05, 0) is 36.6 Å². The van der Waals surface area contributed by atoms with E-state index in [-0.39, 0.29) is 5.91 Å². The molecule has 0 saturated carbocycles. The highest BCUT2D eigenvalue weighted by Crippen LogP contribution is 2.28. The van der Waals surface area contributed by atoms with E-state index in [0.717, 1.165) is 30.8 Å². The molecule has 0 unspecified atom stereocenters. The Morgan fingerprint density at radius 2 is 1.69 bits per heavy atom. The quantitative estimate of drug-likeness (QED) is 0.724. The summed E-state index contributed by atoms with van der Waals surface area (Å²) in [6.07, 6.45) is 5.21. The number of aromatic nitrogens is 2.